The van der Waals surface area contributed by atoms with Crippen LogP contribution in [-0.2, 0) is 0 Å². The van der Waals surface area contributed by atoms with Crippen LogP contribution in [0.4, 0.5) is 5.69 Å². The Morgan fingerprint density at radius 3 is 2.56 bits per heavy atom. The lowest BCUT2D eigenvalue weighted by Crippen LogP contribution is -2.32. The van der Waals surface area contributed by atoms with E-state index in [-0.39, 0.29) is 11.9 Å². The number of nitrogens with zero attached hydrogens (tertiary/aromatic N) is 2. The van der Waals surface area contributed by atoms with Crippen molar-refractivity contribution in [2.24, 2.45) is 4.99 Å². The van der Waals surface area contributed by atoms with Gasteiger partial charge < -0.3 is 9.64 Å². The highest BCUT2D eigenvalue weighted by Gasteiger charge is 2.32. The highest BCUT2D eigenvalue weighted by molar-refractivity contribution is 6.05. The van der Waals surface area contributed by atoms with Gasteiger partial charge in [0.15, 0.2) is 0 Å². The summed E-state index contributed by atoms with van der Waals surface area (Å²) in [5.74, 6) is 0.846. The quantitative estimate of drug-likeness (QED) is 0.823. The van der Waals surface area contributed by atoms with Crippen LogP contribution in [0.1, 0.15) is 33.5 Å². The predicted molar refractivity (Wildman–Crippen MR) is 99.6 cm³/mol. The van der Waals surface area contributed by atoms with E-state index in [9.17, 15) is 4.79 Å². The molecule has 2 aliphatic rings. The Hall–Kier alpha value is -2.88. The van der Waals surface area contributed by atoms with Gasteiger partial charge in [0, 0.05) is 18.8 Å². The zero-order valence-corrected chi connectivity index (χ0v) is 14.6. The van der Waals surface area contributed by atoms with Crippen molar-refractivity contribution >= 4 is 23.4 Å². The second kappa shape index (κ2) is 5.88. The summed E-state index contributed by atoms with van der Waals surface area (Å²) in [6.45, 7) is 4.07. The van der Waals surface area contributed by atoms with Crippen molar-refractivity contribution in [3.8, 4) is 5.75 Å². The number of methoxy groups -OCH3 is 1. The lowest BCUT2D eigenvalue weighted by Gasteiger charge is -2.18. The van der Waals surface area contributed by atoms with Crippen LogP contribution in [0.5, 0.6) is 5.75 Å². The largest absolute Gasteiger partial charge is 0.497 e. The van der Waals surface area contributed by atoms with E-state index in [4.69, 9.17) is 4.74 Å². The Kier molecular flexibility index (Phi) is 3.68. The minimum absolute atomic E-state index is 0.0177. The Balaban J connectivity index is 1.70. The summed E-state index contributed by atoms with van der Waals surface area (Å²) in [5.41, 5.74) is 5.95. The first-order valence-electron chi connectivity index (χ1n) is 8.40. The van der Waals surface area contributed by atoms with E-state index < -0.39 is 0 Å². The molecular weight excluding hydrogens is 312 g/mol. The third kappa shape index (κ3) is 2.64. The van der Waals surface area contributed by atoms with Crippen LogP contribution in [0.25, 0.3) is 5.57 Å². The number of aryl methyl sites for hydroxylation is 2. The minimum atomic E-state index is -0.0300. The van der Waals surface area contributed by atoms with Crippen LogP contribution >= 0.6 is 0 Å². The maximum atomic E-state index is 13.0. The highest BCUT2D eigenvalue weighted by Crippen LogP contribution is 2.35. The van der Waals surface area contributed by atoms with Crippen molar-refractivity contribution in [2.75, 3.05) is 7.11 Å². The number of ether oxygens (including phenoxy) is 1. The van der Waals surface area contributed by atoms with Gasteiger partial charge in [-0.05, 0) is 60.4 Å². The van der Waals surface area contributed by atoms with Gasteiger partial charge in [0.1, 0.15) is 5.75 Å². The van der Waals surface area contributed by atoms with Crippen molar-refractivity contribution in [1.29, 1.82) is 0 Å². The van der Waals surface area contributed by atoms with Crippen molar-refractivity contribution in [2.45, 2.75) is 26.3 Å². The average Bonchev–Trinajstić information content (AvgIpc) is 3.01. The molecule has 0 radical (unpaired) electrons. The molecule has 0 aromatic heterocycles. The van der Waals surface area contributed by atoms with E-state index in [1.807, 2.05) is 67.6 Å². The van der Waals surface area contributed by atoms with Crippen LogP contribution in [0.3, 0.4) is 0 Å². The highest BCUT2D eigenvalue weighted by atomic mass is 16.5. The van der Waals surface area contributed by atoms with E-state index in [1.54, 1.807) is 7.11 Å². The number of hydrogen-bond donors (Lipinski definition) is 0. The molecule has 126 valence electrons. The van der Waals surface area contributed by atoms with Gasteiger partial charge in [-0.2, -0.15) is 0 Å². The number of rotatable bonds is 2. The molecule has 0 unspecified atom stereocenters. The molecule has 4 heteroatoms. The number of hydrogen-bond acceptors (Lipinski definition) is 3. The second-order valence-corrected chi connectivity index (χ2v) is 6.60. The molecule has 2 heterocycles. The standard InChI is InChI=1S/C21H20N2O2/c1-13-8-19-20(9-14(13)2)22-11-17-10-16(12-23(17)21(19)24)15-4-6-18(25-3)7-5-15/h4-9,11-12,17H,10H2,1-3H3/t17-/m0/s1. The van der Waals surface area contributed by atoms with E-state index in [1.165, 1.54) is 0 Å². The van der Waals surface area contributed by atoms with Gasteiger partial charge in [-0.1, -0.05) is 12.1 Å². The smallest absolute Gasteiger partial charge is 0.260 e. The first kappa shape index (κ1) is 15.6. The Morgan fingerprint density at radius 1 is 1.12 bits per heavy atom. The molecule has 2 aromatic rings. The van der Waals surface area contributed by atoms with Crippen molar-refractivity contribution in [3.63, 3.8) is 0 Å². The number of amides is 1. The molecule has 0 aliphatic carbocycles. The normalized spacial score (nSPS) is 18.5. The molecule has 2 aliphatic heterocycles. The average molecular weight is 332 g/mol. The molecule has 1 amide bonds. The third-order valence-electron chi connectivity index (χ3n) is 5.00. The summed E-state index contributed by atoms with van der Waals surface area (Å²) in [6.07, 6.45) is 4.63. The first-order valence-corrected chi connectivity index (χ1v) is 8.40. The van der Waals surface area contributed by atoms with Crippen LogP contribution in [0.15, 0.2) is 47.6 Å². The summed E-state index contributed by atoms with van der Waals surface area (Å²) >= 11 is 0. The fraction of sp³-hybridized carbons (Fsp3) is 0.238. The molecular formula is C21H20N2O2. The number of benzene rings is 2. The molecule has 0 N–H and O–H groups in total. The second-order valence-electron chi connectivity index (χ2n) is 6.60. The maximum Gasteiger partial charge on any atom is 0.260 e. The molecule has 4 rings (SSSR count). The molecule has 0 saturated carbocycles. The topological polar surface area (TPSA) is 41.9 Å². The fourth-order valence-corrected chi connectivity index (χ4v) is 3.36. The van der Waals surface area contributed by atoms with E-state index >= 15 is 0 Å². The van der Waals surface area contributed by atoms with Crippen LogP contribution in [0.2, 0.25) is 0 Å². The van der Waals surface area contributed by atoms with Crippen molar-refractivity contribution < 1.29 is 9.53 Å². The molecule has 0 saturated heterocycles. The molecule has 0 fully saturated rings. The van der Waals surface area contributed by atoms with Crippen LogP contribution in [-0.4, -0.2) is 30.2 Å². The van der Waals surface area contributed by atoms with E-state index in [2.05, 4.69) is 4.99 Å². The van der Waals surface area contributed by atoms with Gasteiger partial charge >= 0.3 is 0 Å². The maximum absolute atomic E-state index is 13.0. The number of aliphatic imine (C=N–C) groups is 1. The zero-order chi connectivity index (χ0) is 17.6. The molecule has 0 spiro atoms. The van der Waals surface area contributed by atoms with E-state index in [0.29, 0.717) is 5.56 Å². The summed E-state index contributed by atoms with van der Waals surface area (Å²) in [6, 6.07) is 11.9. The predicted octanol–water partition coefficient (Wildman–Crippen LogP) is 4.28. The summed E-state index contributed by atoms with van der Waals surface area (Å²) in [5, 5.41) is 0. The minimum Gasteiger partial charge on any atom is -0.497 e. The lowest BCUT2D eigenvalue weighted by atomic mass is 10.0. The first-order chi connectivity index (χ1) is 12.1. The van der Waals surface area contributed by atoms with Gasteiger partial charge in [0.25, 0.3) is 5.91 Å². The Labute approximate surface area is 147 Å². The summed E-state index contributed by atoms with van der Waals surface area (Å²) < 4.78 is 5.21. The SMILES string of the molecule is COc1ccc(C2=CN3C(=O)c4cc(C)c(C)cc4N=C[C@@H]3C2)cc1. The van der Waals surface area contributed by atoms with Gasteiger partial charge in [-0.25, -0.2) is 0 Å². The zero-order valence-electron chi connectivity index (χ0n) is 14.6. The molecule has 4 nitrogen and oxygen atoms in total. The van der Waals surface area contributed by atoms with Crippen molar-refractivity contribution in [1.82, 2.24) is 4.90 Å². The lowest BCUT2D eigenvalue weighted by molar-refractivity contribution is 0.0818. The molecule has 25 heavy (non-hydrogen) atoms. The monoisotopic (exact) mass is 332 g/mol. The summed E-state index contributed by atoms with van der Waals surface area (Å²) in [4.78, 5) is 19.4. The van der Waals surface area contributed by atoms with Gasteiger partial charge in [-0.3, -0.25) is 9.79 Å². The third-order valence-corrected chi connectivity index (χ3v) is 5.00. The van der Waals surface area contributed by atoms with Crippen LogP contribution in [0, 0.1) is 13.8 Å². The van der Waals surface area contributed by atoms with Gasteiger partial charge in [-0.15, -0.1) is 0 Å². The Bertz CT molecular complexity index is 910. The van der Waals surface area contributed by atoms with Gasteiger partial charge in [0.05, 0.1) is 24.4 Å². The number of carbonyl (C=O) groups excluding carboxylic acids is 1. The number of carbonyl (C=O) groups is 1. The summed E-state index contributed by atoms with van der Waals surface area (Å²) in [7, 11) is 1.66. The number of fused-ring (bicyclic) bond motifs is 2. The van der Waals surface area contributed by atoms with Gasteiger partial charge in [0.2, 0.25) is 0 Å². The fourth-order valence-electron chi connectivity index (χ4n) is 3.36. The van der Waals surface area contributed by atoms with E-state index in [0.717, 1.165) is 40.1 Å². The van der Waals surface area contributed by atoms with Crippen molar-refractivity contribution in [3.05, 3.63) is 64.9 Å². The van der Waals surface area contributed by atoms with Crippen LogP contribution < -0.4 is 4.74 Å². The molecule has 0 bridgehead atoms. The Morgan fingerprint density at radius 2 is 1.84 bits per heavy atom. The molecule has 1 atom stereocenters. The molecule has 2 aromatic carbocycles.